The maximum absolute atomic E-state index is 13.3. The fourth-order valence-electron chi connectivity index (χ4n) is 2.25. The molecule has 20 heavy (non-hydrogen) atoms. The smallest absolute Gasteiger partial charge is 0.332 e. The predicted molar refractivity (Wildman–Crippen MR) is 73.8 cm³/mol. The number of amides is 2. The van der Waals surface area contributed by atoms with Crippen molar-refractivity contribution in [2.75, 3.05) is 0 Å². The minimum absolute atomic E-state index is 0.256. The molecular weight excluding hydrogens is 261 g/mol. The Morgan fingerprint density at radius 1 is 1.50 bits per heavy atom. The summed E-state index contributed by atoms with van der Waals surface area (Å²) in [5, 5.41) is 3.68. The molecule has 1 fully saturated rings. The molecule has 0 aliphatic heterocycles. The Kier molecular flexibility index (Phi) is 5.06. The highest BCUT2D eigenvalue weighted by Crippen LogP contribution is 2.22. The van der Waals surface area contributed by atoms with Crippen LogP contribution in [0, 0.1) is 5.82 Å². The number of halogens is 1. The van der Waals surface area contributed by atoms with Crippen LogP contribution >= 0.6 is 0 Å². The van der Waals surface area contributed by atoms with Crippen LogP contribution in [0.15, 0.2) is 23.3 Å². The van der Waals surface area contributed by atoms with Crippen LogP contribution in [0.4, 0.5) is 9.18 Å². The molecule has 0 atom stereocenters. The summed E-state index contributed by atoms with van der Waals surface area (Å²) in [6.45, 7) is 0.334. The minimum atomic E-state index is -0.743. The zero-order chi connectivity index (χ0) is 14.4. The molecule has 1 saturated carbocycles. The van der Waals surface area contributed by atoms with Gasteiger partial charge in [0, 0.05) is 5.56 Å². The summed E-state index contributed by atoms with van der Waals surface area (Å²) in [6.07, 6.45) is 6.17. The van der Waals surface area contributed by atoms with Gasteiger partial charge < -0.3 is 10.5 Å². The van der Waals surface area contributed by atoms with Crippen LogP contribution in [0.1, 0.15) is 36.8 Å². The highest BCUT2D eigenvalue weighted by atomic mass is 19.1. The molecule has 0 unspecified atom stereocenters. The molecule has 1 aliphatic rings. The van der Waals surface area contributed by atoms with E-state index < -0.39 is 6.03 Å². The van der Waals surface area contributed by atoms with Crippen molar-refractivity contribution < 1.29 is 13.9 Å². The van der Waals surface area contributed by atoms with Crippen molar-refractivity contribution in [2.24, 2.45) is 10.8 Å². The maximum atomic E-state index is 13.3. The van der Waals surface area contributed by atoms with E-state index >= 15 is 0 Å². The summed E-state index contributed by atoms with van der Waals surface area (Å²) in [4.78, 5) is 10.5. The van der Waals surface area contributed by atoms with E-state index in [9.17, 15) is 9.18 Å². The molecule has 0 saturated heterocycles. The van der Waals surface area contributed by atoms with Crippen molar-refractivity contribution in [3.05, 3.63) is 35.1 Å². The topological polar surface area (TPSA) is 76.7 Å². The molecule has 6 heteroatoms. The number of rotatable bonds is 5. The molecule has 0 spiro atoms. The van der Waals surface area contributed by atoms with Gasteiger partial charge in [-0.2, -0.15) is 5.10 Å². The zero-order valence-corrected chi connectivity index (χ0v) is 11.1. The monoisotopic (exact) mass is 279 g/mol. The van der Waals surface area contributed by atoms with E-state index in [1.54, 1.807) is 6.07 Å². The lowest BCUT2D eigenvalue weighted by Gasteiger charge is -2.12. The van der Waals surface area contributed by atoms with Crippen molar-refractivity contribution in [3.63, 3.8) is 0 Å². The van der Waals surface area contributed by atoms with Gasteiger partial charge in [-0.25, -0.2) is 14.6 Å². The van der Waals surface area contributed by atoms with E-state index in [0.29, 0.717) is 17.7 Å². The minimum Gasteiger partial charge on any atom is -0.374 e. The summed E-state index contributed by atoms with van der Waals surface area (Å²) < 4.78 is 19.1. The molecule has 1 aliphatic carbocycles. The van der Waals surface area contributed by atoms with Crippen LogP contribution in [0.25, 0.3) is 0 Å². The van der Waals surface area contributed by atoms with E-state index in [2.05, 4.69) is 10.5 Å². The molecular formula is C14H18FN3O2. The molecule has 108 valence electrons. The zero-order valence-electron chi connectivity index (χ0n) is 11.1. The third kappa shape index (κ3) is 4.31. The van der Waals surface area contributed by atoms with Crippen molar-refractivity contribution in [3.8, 4) is 0 Å². The van der Waals surface area contributed by atoms with Gasteiger partial charge in [-0.15, -0.1) is 0 Å². The first-order valence-corrected chi connectivity index (χ1v) is 6.63. The number of urea groups is 1. The van der Waals surface area contributed by atoms with E-state index in [0.717, 1.165) is 12.8 Å². The normalized spacial score (nSPS) is 15.8. The lowest BCUT2D eigenvalue weighted by Crippen LogP contribution is -2.24. The molecule has 3 N–H and O–H groups in total. The van der Waals surface area contributed by atoms with Crippen LogP contribution in [0.3, 0.4) is 0 Å². The Morgan fingerprint density at radius 2 is 2.25 bits per heavy atom. The third-order valence-electron chi connectivity index (χ3n) is 3.26. The third-order valence-corrected chi connectivity index (χ3v) is 3.26. The largest absolute Gasteiger partial charge is 0.374 e. The fraction of sp³-hybridized carbons (Fsp3) is 0.429. The summed E-state index contributed by atoms with van der Waals surface area (Å²) >= 11 is 0. The average molecular weight is 279 g/mol. The number of hydrogen-bond acceptors (Lipinski definition) is 3. The molecule has 5 nitrogen and oxygen atoms in total. The number of carbonyl (C=O) groups excluding carboxylic acids is 1. The molecule has 2 amide bonds. The Hall–Kier alpha value is -1.95. The highest BCUT2D eigenvalue weighted by Gasteiger charge is 2.16. The van der Waals surface area contributed by atoms with Gasteiger partial charge in [0.2, 0.25) is 0 Å². The summed E-state index contributed by atoms with van der Waals surface area (Å²) in [5.74, 6) is -0.324. The molecule has 0 radical (unpaired) electrons. The summed E-state index contributed by atoms with van der Waals surface area (Å²) in [7, 11) is 0. The molecule has 0 heterocycles. The van der Waals surface area contributed by atoms with Crippen LogP contribution in [-0.2, 0) is 11.3 Å². The van der Waals surface area contributed by atoms with Gasteiger partial charge in [0.1, 0.15) is 5.82 Å². The summed E-state index contributed by atoms with van der Waals surface area (Å²) in [5.41, 5.74) is 8.41. The highest BCUT2D eigenvalue weighted by molar-refractivity contribution is 5.83. The van der Waals surface area contributed by atoms with Gasteiger partial charge in [-0.3, -0.25) is 0 Å². The number of hydrazone groups is 1. The van der Waals surface area contributed by atoms with Crippen molar-refractivity contribution >= 4 is 12.2 Å². The predicted octanol–water partition coefficient (Wildman–Crippen LogP) is 2.29. The van der Waals surface area contributed by atoms with Crippen LogP contribution in [0.2, 0.25) is 0 Å². The SMILES string of the molecule is NC(=O)NN=Cc1ccc(F)cc1COC1CCCC1. The molecule has 0 aromatic heterocycles. The standard InChI is InChI=1S/C14H18FN3O2/c15-12-6-5-10(8-17-18-14(16)19)11(7-12)9-20-13-3-1-2-4-13/h5-8,13H,1-4,9H2,(H3,16,18,19). The fourth-order valence-corrected chi connectivity index (χ4v) is 2.25. The average Bonchev–Trinajstić information content (AvgIpc) is 2.91. The van der Waals surface area contributed by atoms with E-state index in [1.807, 2.05) is 0 Å². The number of carbonyl (C=O) groups is 1. The second kappa shape index (κ2) is 7.00. The lowest BCUT2D eigenvalue weighted by molar-refractivity contribution is 0.0455. The van der Waals surface area contributed by atoms with Gasteiger partial charge in [-0.05, 0) is 30.5 Å². The van der Waals surface area contributed by atoms with Crippen molar-refractivity contribution in [1.29, 1.82) is 0 Å². The molecule has 1 aromatic rings. The number of ether oxygens (including phenoxy) is 1. The second-order valence-corrected chi connectivity index (χ2v) is 4.79. The number of nitrogens with zero attached hydrogens (tertiary/aromatic N) is 1. The molecule has 0 bridgehead atoms. The first-order valence-electron chi connectivity index (χ1n) is 6.63. The van der Waals surface area contributed by atoms with Crippen LogP contribution in [0.5, 0.6) is 0 Å². The number of nitrogens with two attached hydrogens (primary N) is 1. The van der Waals surface area contributed by atoms with Gasteiger partial charge in [0.15, 0.2) is 0 Å². The first-order chi connectivity index (χ1) is 9.65. The Morgan fingerprint density at radius 3 is 2.95 bits per heavy atom. The maximum Gasteiger partial charge on any atom is 0.332 e. The van der Waals surface area contributed by atoms with Gasteiger partial charge in [0.25, 0.3) is 0 Å². The molecule has 1 aromatic carbocycles. The molecule has 2 rings (SSSR count). The number of hydrogen-bond donors (Lipinski definition) is 2. The van der Waals surface area contributed by atoms with E-state index in [4.69, 9.17) is 10.5 Å². The number of primary amides is 1. The quantitative estimate of drug-likeness (QED) is 0.641. The number of benzene rings is 1. The lowest BCUT2D eigenvalue weighted by atomic mass is 10.1. The second-order valence-electron chi connectivity index (χ2n) is 4.79. The van der Waals surface area contributed by atoms with Crippen LogP contribution in [-0.4, -0.2) is 18.3 Å². The summed E-state index contributed by atoms with van der Waals surface area (Å²) in [6, 6.07) is 3.60. The van der Waals surface area contributed by atoms with Gasteiger partial charge >= 0.3 is 6.03 Å². The van der Waals surface area contributed by atoms with Crippen molar-refractivity contribution in [1.82, 2.24) is 5.43 Å². The first kappa shape index (κ1) is 14.5. The van der Waals surface area contributed by atoms with Crippen molar-refractivity contribution in [2.45, 2.75) is 38.4 Å². The van der Waals surface area contributed by atoms with E-state index in [-0.39, 0.29) is 11.9 Å². The Labute approximate surface area is 117 Å². The Balaban J connectivity index is 2.02. The van der Waals surface area contributed by atoms with E-state index in [1.165, 1.54) is 31.2 Å². The number of nitrogens with one attached hydrogen (secondary N) is 1. The van der Waals surface area contributed by atoms with Gasteiger partial charge in [-0.1, -0.05) is 18.9 Å². The van der Waals surface area contributed by atoms with Crippen LogP contribution < -0.4 is 11.2 Å². The Bertz CT molecular complexity index is 499. The van der Waals surface area contributed by atoms with Gasteiger partial charge in [0.05, 0.1) is 18.9 Å².